The van der Waals surface area contributed by atoms with Crippen LogP contribution >= 0.6 is 0 Å². The molecule has 0 saturated carbocycles. The Labute approximate surface area is 322 Å². The molecule has 4 atom stereocenters. The SMILES string of the molecule is N#CC1CN(S(=O)(=O)N2CCC[C@H](C(=O)N3CCC[C@@H]3C(=O)O)C2)C1.N#CC1CN(S(=O)(=O)N2CCC[C@H](C(=O)N3CCC[C@@H]3C(=O)c3ccccc3)C2)C1. The minimum Gasteiger partial charge on any atom is -0.480 e. The van der Waals surface area contributed by atoms with Gasteiger partial charge in [-0.1, -0.05) is 30.3 Å². The standard InChI is InChI=1S/C21H26N4O4S.C15H22N4O5S/c22-12-16-13-24(14-16)30(28,29)23-10-4-8-18(15-23)21(27)25-11-5-9-19(25)20(26)17-6-2-1-3-7-17;16-7-11-8-18(9-11)25(23,24)17-5-1-3-12(10-17)14(20)19-6-2-4-13(19)15(21)22/h1-3,6-7,16,18-19H,4-5,8-11,13-15H2;11-13H,1-6,8-10H2,(H,21,22)/t18-,19+;12-,13+/m00/s1. The number of carbonyl (C=O) groups is 4. The van der Waals surface area contributed by atoms with E-state index in [2.05, 4.69) is 6.07 Å². The van der Waals surface area contributed by atoms with Gasteiger partial charge in [-0.25, -0.2) is 4.79 Å². The molecule has 19 heteroatoms. The molecule has 0 bridgehead atoms. The molecule has 1 aromatic carbocycles. The van der Waals surface area contributed by atoms with Gasteiger partial charge in [-0.2, -0.15) is 44.6 Å². The van der Waals surface area contributed by atoms with Crippen LogP contribution in [-0.4, -0.2) is 150 Å². The molecule has 55 heavy (non-hydrogen) atoms. The lowest BCUT2D eigenvalue weighted by atomic mass is 9.96. The first-order chi connectivity index (χ1) is 26.3. The molecular weight excluding hydrogens is 753 g/mol. The van der Waals surface area contributed by atoms with E-state index in [1.165, 1.54) is 22.1 Å². The summed E-state index contributed by atoms with van der Waals surface area (Å²) in [4.78, 5) is 53.3. The fraction of sp³-hybridized carbons (Fsp3) is 0.667. The van der Waals surface area contributed by atoms with Crippen LogP contribution < -0.4 is 0 Å². The molecule has 6 aliphatic heterocycles. The highest BCUT2D eigenvalue weighted by atomic mass is 32.2. The highest BCUT2D eigenvalue weighted by molar-refractivity contribution is 7.87. The lowest BCUT2D eigenvalue weighted by Crippen LogP contribution is -2.57. The average molecular weight is 801 g/mol. The van der Waals surface area contributed by atoms with Crippen LogP contribution in [0.25, 0.3) is 0 Å². The van der Waals surface area contributed by atoms with E-state index in [1.54, 1.807) is 17.0 Å². The number of likely N-dealkylation sites (tertiary alicyclic amines) is 2. The minimum absolute atomic E-state index is 0.0511. The van der Waals surface area contributed by atoms with E-state index in [9.17, 15) is 41.1 Å². The smallest absolute Gasteiger partial charge is 0.326 e. The summed E-state index contributed by atoms with van der Waals surface area (Å²) < 4.78 is 56.2. The maximum atomic E-state index is 13.3. The molecule has 6 aliphatic rings. The van der Waals surface area contributed by atoms with Crippen molar-refractivity contribution in [3.8, 4) is 12.1 Å². The summed E-state index contributed by atoms with van der Waals surface area (Å²) in [6.45, 7) is 2.71. The molecular formula is C36H48N8O9S2. The number of amides is 2. The molecule has 298 valence electrons. The van der Waals surface area contributed by atoms with Crippen molar-refractivity contribution < 1.29 is 41.1 Å². The Balaban J connectivity index is 0.000000190. The van der Waals surface area contributed by atoms with Gasteiger partial charge < -0.3 is 14.9 Å². The van der Waals surface area contributed by atoms with Crippen LogP contribution in [0.15, 0.2) is 30.3 Å². The number of nitriles is 2. The maximum Gasteiger partial charge on any atom is 0.326 e. The summed E-state index contributed by atoms with van der Waals surface area (Å²) in [6, 6.07) is 11.9. The highest BCUT2D eigenvalue weighted by Gasteiger charge is 2.46. The van der Waals surface area contributed by atoms with Crippen molar-refractivity contribution in [2.24, 2.45) is 23.7 Å². The summed E-state index contributed by atoms with van der Waals surface area (Å²) in [5.41, 5.74) is 0.597. The number of rotatable bonds is 9. The van der Waals surface area contributed by atoms with E-state index in [4.69, 9.17) is 10.5 Å². The predicted octanol–water partition coefficient (Wildman–Crippen LogP) is 0.747. The third-order valence-electron chi connectivity index (χ3n) is 11.6. The second kappa shape index (κ2) is 17.0. The fourth-order valence-corrected chi connectivity index (χ4v) is 11.9. The fourth-order valence-electron chi connectivity index (χ4n) is 8.30. The van der Waals surface area contributed by atoms with E-state index < -0.39 is 50.3 Å². The van der Waals surface area contributed by atoms with Crippen molar-refractivity contribution >= 4 is 44.0 Å². The van der Waals surface area contributed by atoms with Crippen LogP contribution in [0.3, 0.4) is 0 Å². The van der Waals surface area contributed by atoms with Gasteiger partial charge >= 0.3 is 5.97 Å². The van der Waals surface area contributed by atoms with Crippen molar-refractivity contribution in [2.45, 2.75) is 63.5 Å². The summed E-state index contributed by atoms with van der Waals surface area (Å²) >= 11 is 0. The number of carboxylic acids is 1. The number of aliphatic carboxylic acids is 1. The first-order valence-electron chi connectivity index (χ1n) is 19.0. The quantitative estimate of drug-likeness (QED) is 0.343. The van der Waals surface area contributed by atoms with Crippen LogP contribution in [0, 0.1) is 46.3 Å². The molecule has 0 aromatic heterocycles. The average Bonchev–Trinajstić information content (AvgIpc) is 3.85. The van der Waals surface area contributed by atoms with Crippen LogP contribution in [0.4, 0.5) is 0 Å². The molecule has 6 saturated heterocycles. The third-order valence-corrected chi connectivity index (χ3v) is 15.4. The topological polar surface area (TPSA) is 224 Å². The van der Waals surface area contributed by atoms with Crippen LogP contribution in [-0.2, 0) is 34.8 Å². The van der Waals surface area contributed by atoms with Crippen LogP contribution in [0.2, 0.25) is 0 Å². The molecule has 17 nitrogen and oxygen atoms in total. The van der Waals surface area contributed by atoms with Gasteiger partial charge in [0.05, 0.1) is 41.9 Å². The van der Waals surface area contributed by atoms with Crippen molar-refractivity contribution in [3.05, 3.63) is 35.9 Å². The molecule has 6 fully saturated rings. The van der Waals surface area contributed by atoms with E-state index in [0.717, 1.165) is 6.42 Å². The van der Waals surface area contributed by atoms with Crippen molar-refractivity contribution in [1.29, 1.82) is 10.5 Å². The highest BCUT2D eigenvalue weighted by Crippen LogP contribution is 2.31. The largest absolute Gasteiger partial charge is 0.480 e. The molecule has 7 rings (SSSR count). The van der Waals surface area contributed by atoms with E-state index in [0.29, 0.717) is 76.7 Å². The number of ketones is 1. The second-order valence-electron chi connectivity index (χ2n) is 15.1. The van der Waals surface area contributed by atoms with E-state index in [-0.39, 0.29) is 68.7 Å². The Morgan fingerprint density at radius 2 is 1.00 bits per heavy atom. The van der Waals surface area contributed by atoms with Gasteiger partial charge in [-0.05, 0) is 51.4 Å². The number of hydrogen-bond acceptors (Lipinski definition) is 10. The number of carbonyl (C=O) groups excluding carboxylic acids is 3. The molecule has 0 unspecified atom stereocenters. The number of carboxylic acid groups (broad SMARTS) is 1. The Kier molecular flexibility index (Phi) is 12.6. The van der Waals surface area contributed by atoms with Crippen LogP contribution in [0.5, 0.6) is 0 Å². The summed E-state index contributed by atoms with van der Waals surface area (Å²) in [5.74, 6) is -2.90. The van der Waals surface area contributed by atoms with Crippen molar-refractivity contribution in [1.82, 2.24) is 27.0 Å². The van der Waals surface area contributed by atoms with Crippen molar-refractivity contribution in [2.75, 3.05) is 65.4 Å². The third kappa shape index (κ3) is 8.57. The summed E-state index contributed by atoms with van der Waals surface area (Å²) in [7, 11) is -7.31. The Morgan fingerprint density at radius 1 is 0.582 bits per heavy atom. The molecule has 0 radical (unpaired) electrons. The molecule has 0 aliphatic carbocycles. The molecule has 2 amide bonds. The molecule has 1 N–H and O–H groups in total. The number of benzene rings is 1. The number of hydrogen-bond donors (Lipinski definition) is 1. The lowest BCUT2D eigenvalue weighted by Gasteiger charge is -2.41. The van der Waals surface area contributed by atoms with Gasteiger partial charge in [-0.15, -0.1) is 0 Å². The van der Waals surface area contributed by atoms with Gasteiger partial charge in [0, 0.05) is 71.0 Å². The zero-order valence-electron chi connectivity index (χ0n) is 30.7. The molecule has 6 heterocycles. The minimum atomic E-state index is -3.66. The second-order valence-corrected chi connectivity index (χ2v) is 19.0. The molecule has 0 spiro atoms. The Morgan fingerprint density at radius 3 is 1.44 bits per heavy atom. The zero-order valence-corrected chi connectivity index (χ0v) is 32.3. The molecule has 1 aromatic rings. The first kappa shape index (κ1) is 40.7. The van der Waals surface area contributed by atoms with Gasteiger partial charge in [0.25, 0.3) is 20.4 Å². The van der Waals surface area contributed by atoms with Gasteiger partial charge in [-0.3, -0.25) is 14.4 Å². The van der Waals surface area contributed by atoms with Crippen LogP contribution in [0.1, 0.15) is 61.7 Å². The number of Topliss-reactive ketones (excluding diaryl/α,β-unsaturated/α-hetero) is 1. The maximum absolute atomic E-state index is 13.3. The van der Waals surface area contributed by atoms with Gasteiger partial charge in [0.1, 0.15) is 6.04 Å². The van der Waals surface area contributed by atoms with Gasteiger partial charge in [0.15, 0.2) is 5.78 Å². The monoisotopic (exact) mass is 800 g/mol. The lowest BCUT2D eigenvalue weighted by molar-refractivity contribution is -0.150. The van der Waals surface area contributed by atoms with E-state index >= 15 is 0 Å². The normalized spacial score (nSPS) is 27.5. The van der Waals surface area contributed by atoms with Crippen molar-refractivity contribution in [3.63, 3.8) is 0 Å². The van der Waals surface area contributed by atoms with Gasteiger partial charge in [0.2, 0.25) is 11.8 Å². The number of piperidine rings is 2. The summed E-state index contributed by atoms with van der Waals surface area (Å²) in [5, 5.41) is 26.9. The first-order valence-corrected chi connectivity index (χ1v) is 21.8. The zero-order chi connectivity index (χ0) is 39.5. The van der Waals surface area contributed by atoms with E-state index in [1.807, 2.05) is 24.3 Å². The Hall–Kier alpha value is -3.98. The Bertz CT molecular complexity index is 1920. The number of nitrogens with zero attached hydrogens (tertiary/aromatic N) is 8. The predicted molar refractivity (Wildman–Crippen MR) is 196 cm³/mol. The summed E-state index contributed by atoms with van der Waals surface area (Å²) in [6.07, 6.45) is 4.86.